The number of aliphatic carboxylic acids is 1. The van der Waals surface area contributed by atoms with Crippen molar-refractivity contribution in [2.75, 3.05) is 19.6 Å². The molecular weight excluding hydrogens is 331 g/mol. The van der Waals surface area contributed by atoms with Gasteiger partial charge in [-0.05, 0) is 25.1 Å². The van der Waals surface area contributed by atoms with E-state index in [0.717, 1.165) is 0 Å². The van der Waals surface area contributed by atoms with Gasteiger partial charge in [0.15, 0.2) is 0 Å². The van der Waals surface area contributed by atoms with Crippen molar-refractivity contribution in [3.63, 3.8) is 0 Å². The van der Waals surface area contributed by atoms with E-state index in [9.17, 15) is 14.4 Å². The van der Waals surface area contributed by atoms with E-state index >= 15 is 0 Å². The Kier molecular flexibility index (Phi) is 7.14. The third-order valence-electron chi connectivity index (χ3n) is 2.91. The number of hydrogen-bond acceptors (Lipinski definition) is 3. The van der Waals surface area contributed by atoms with Crippen LogP contribution < -0.4 is 5.32 Å². The summed E-state index contributed by atoms with van der Waals surface area (Å²) in [6.45, 7) is 2.00. The number of hydrogen-bond donors (Lipinski definition) is 2. The predicted molar refractivity (Wildman–Crippen MR) is 83.3 cm³/mol. The Bertz CT molecular complexity index is 578. The average molecular weight is 347 g/mol. The molecule has 0 fully saturated rings. The zero-order chi connectivity index (χ0) is 16.7. The molecular formula is C14H16Cl2N2O4. The number of halogens is 2. The number of benzene rings is 1. The zero-order valence-electron chi connectivity index (χ0n) is 11.9. The van der Waals surface area contributed by atoms with Crippen molar-refractivity contribution in [2.24, 2.45) is 0 Å². The van der Waals surface area contributed by atoms with E-state index in [1.54, 1.807) is 6.92 Å². The van der Waals surface area contributed by atoms with Gasteiger partial charge in [0, 0.05) is 18.7 Å². The van der Waals surface area contributed by atoms with Gasteiger partial charge < -0.3 is 15.3 Å². The molecule has 1 rings (SSSR count). The van der Waals surface area contributed by atoms with Crippen LogP contribution >= 0.6 is 23.2 Å². The lowest BCUT2D eigenvalue weighted by Gasteiger charge is -2.20. The summed E-state index contributed by atoms with van der Waals surface area (Å²) in [4.78, 5) is 35.7. The van der Waals surface area contributed by atoms with Crippen LogP contribution in [0.25, 0.3) is 0 Å². The topological polar surface area (TPSA) is 86.7 Å². The maximum atomic E-state index is 11.9. The molecule has 0 aromatic heterocycles. The quantitative estimate of drug-likeness (QED) is 0.790. The number of rotatable bonds is 7. The van der Waals surface area contributed by atoms with Gasteiger partial charge in [-0.15, -0.1) is 0 Å². The van der Waals surface area contributed by atoms with Gasteiger partial charge in [0.2, 0.25) is 5.91 Å². The molecule has 2 N–H and O–H groups in total. The van der Waals surface area contributed by atoms with Crippen molar-refractivity contribution in [3.05, 3.63) is 33.8 Å². The van der Waals surface area contributed by atoms with Crippen LogP contribution in [0.15, 0.2) is 18.2 Å². The Morgan fingerprint density at radius 3 is 2.45 bits per heavy atom. The molecule has 0 aliphatic heterocycles. The van der Waals surface area contributed by atoms with Gasteiger partial charge in [-0.1, -0.05) is 23.2 Å². The van der Waals surface area contributed by atoms with Crippen LogP contribution in [0.4, 0.5) is 0 Å². The van der Waals surface area contributed by atoms with Gasteiger partial charge in [0.05, 0.1) is 23.0 Å². The van der Waals surface area contributed by atoms with E-state index in [-0.39, 0.29) is 36.0 Å². The lowest BCUT2D eigenvalue weighted by atomic mass is 10.2. The lowest BCUT2D eigenvalue weighted by molar-refractivity contribution is -0.138. The van der Waals surface area contributed by atoms with E-state index < -0.39 is 11.9 Å². The van der Waals surface area contributed by atoms with Gasteiger partial charge in [-0.2, -0.15) is 0 Å². The Hall–Kier alpha value is -1.79. The number of carbonyl (C=O) groups excluding carboxylic acids is 2. The van der Waals surface area contributed by atoms with Gasteiger partial charge in [0.1, 0.15) is 0 Å². The Morgan fingerprint density at radius 2 is 1.91 bits per heavy atom. The van der Waals surface area contributed by atoms with E-state index in [1.807, 2.05) is 0 Å². The van der Waals surface area contributed by atoms with Crippen molar-refractivity contribution in [1.29, 1.82) is 0 Å². The number of carboxylic acids is 1. The Morgan fingerprint density at radius 1 is 1.23 bits per heavy atom. The number of amides is 2. The Labute approximate surface area is 138 Å². The highest BCUT2D eigenvalue weighted by Crippen LogP contribution is 2.22. The zero-order valence-corrected chi connectivity index (χ0v) is 13.4. The molecule has 2 amide bonds. The third kappa shape index (κ3) is 5.54. The monoisotopic (exact) mass is 346 g/mol. The molecule has 0 aliphatic carbocycles. The smallest absolute Gasteiger partial charge is 0.305 e. The van der Waals surface area contributed by atoms with Crippen molar-refractivity contribution < 1.29 is 19.5 Å². The third-order valence-corrected chi connectivity index (χ3v) is 3.65. The van der Waals surface area contributed by atoms with Crippen molar-refractivity contribution in [1.82, 2.24) is 10.2 Å². The van der Waals surface area contributed by atoms with Crippen LogP contribution in [0.3, 0.4) is 0 Å². The summed E-state index contributed by atoms with van der Waals surface area (Å²) < 4.78 is 0. The van der Waals surface area contributed by atoms with Crippen LogP contribution in [0.2, 0.25) is 10.0 Å². The molecule has 0 spiro atoms. The summed E-state index contributed by atoms with van der Waals surface area (Å²) in [7, 11) is 0. The molecule has 1 aromatic rings. The second-order valence-electron chi connectivity index (χ2n) is 4.43. The summed E-state index contributed by atoms with van der Waals surface area (Å²) in [5.74, 6) is -1.79. The maximum absolute atomic E-state index is 11.9. The van der Waals surface area contributed by atoms with Crippen molar-refractivity contribution >= 4 is 41.0 Å². The fourth-order valence-corrected chi connectivity index (χ4v) is 1.99. The number of nitrogens with one attached hydrogen (secondary N) is 1. The maximum Gasteiger partial charge on any atom is 0.305 e. The summed E-state index contributed by atoms with van der Waals surface area (Å²) in [5, 5.41) is 11.7. The van der Waals surface area contributed by atoms with E-state index in [1.165, 1.54) is 23.1 Å². The highest BCUT2D eigenvalue weighted by Gasteiger charge is 2.15. The highest BCUT2D eigenvalue weighted by molar-refractivity contribution is 6.42. The van der Waals surface area contributed by atoms with Crippen LogP contribution in [0, 0.1) is 0 Å². The van der Waals surface area contributed by atoms with E-state index in [2.05, 4.69) is 5.32 Å². The largest absolute Gasteiger partial charge is 0.481 e. The molecule has 0 atom stereocenters. The molecule has 0 radical (unpaired) electrons. The summed E-state index contributed by atoms with van der Waals surface area (Å²) in [5.41, 5.74) is 0.288. The fraction of sp³-hybridized carbons (Fsp3) is 0.357. The first kappa shape index (κ1) is 18.3. The van der Waals surface area contributed by atoms with Crippen LogP contribution in [0.1, 0.15) is 23.7 Å². The standard InChI is InChI=1S/C14H16Cl2N2O4/c1-2-18(6-5-13(20)21)12(19)8-17-14(22)9-3-4-10(15)11(16)7-9/h3-4,7H,2,5-6,8H2,1H3,(H,17,22)(H,20,21). The minimum Gasteiger partial charge on any atom is -0.481 e. The summed E-state index contributed by atoms with van der Waals surface area (Å²) in [6, 6.07) is 4.40. The normalized spacial score (nSPS) is 10.1. The molecule has 6 nitrogen and oxygen atoms in total. The van der Waals surface area contributed by atoms with Crippen LogP contribution in [-0.2, 0) is 9.59 Å². The van der Waals surface area contributed by atoms with Crippen LogP contribution in [-0.4, -0.2) is 47.4 Å². The number of carbonyl (C=O) groups is 3. The SMILES string of the molecule is CCN(CCC(=O)O)C(=O)CNC(=O)c1ccc(Cl)c(Cl)c1. The van der Waals surface area contributed by atoms with Crippen molar-refractivity contribution in [3.8, 4) is 0 Å². The molecule has 0 aliphatic rings. The van der Waals surface area contributed by atoms with Crippen molar-refractivity contribution in [2.45, 2.75) is 13.3 Å². The molecule has 120 valence electrons. The molecule has 0 heterocycles. The molecule has 0 saturated carbocycles. The fourth-order valence-electron chi connectivity index (χ4n) is 1.70. The first-order chi connectivity index (χ1) is 10.3. The second-order valence-corrected chi connectivity index (χ2v) is 5.24. The minimum absolute atomic E-state index is 0.104. The number of carboxylic acid groups (broad SMARTS) is 1. The summed E-state index contributed by atoms with van der Waals surface area (Å²) >= 11 is 11.6. The first-order valence-corrected chi connectivity index (χ1v) is 7.33. The lowest BCUT2D eigenvalue weighted by Crippen LogP contribution is -2.41. The number of likely N-dealkylation sites (N-methyl/N-ethyl adjacent to an activating group) is 1. The highest BCUT2D eigenvalue weighted by atomic mass is 35.5. The predicted octanol–water partition coefficient (Wildman–Crippen LogP) is 2.05. The van der Waals surface area contributed by atoms with Gasteiger partial charge in [-0.25, -0.2) is 0 Å². The number of nitrogens with zero attached hydrogens (tertiary/aromatic N) is 1. The van der Waals surface area contributed by atoms with Gasteiger partial charge in [-0.3, -0.25) is 14.4 Å². The average Bonchev–Trinajstić information content (AvgIpc) is 2.47. The molecule has 22 heavy (non-hydrogen) atoms. The van der Waals surface area contributed by atoms with Gasteiger partial charge in [0.25, 0.3) is 5.91 Å². The van der Waals surface area contributed by atoms with Gasteiger partial charge >= 0.3 is 5.97 Å². The molecule has 0 unspecified atom stereocenters. The van der Waals surface area contributed by atoms with Crippen LogP contribution in [0.5, 0.6) is 0 Å². The molecule has 1 aromatic carbocycles. The van der Waals surface area contributed by atoms with E-state index in [4.69, 9.17) is 28.3 Å². The first-order valence-electron chi connectivity index (χ1n) is 6.58. The minimum atomic E-state index is -0.980. The molecule has 0 bridgehead atoms. The van der Waals surface area contributed by atoms with E-state index in [0.29, 0.717) is 11.6 Å². The molecule has 0 saturated heterocycles. The Balaban J connectivity index is 2.56. The second kappa shape index (κ2) is 8.60. The molecule has 8 heteroatoms. The summed E-state index contributed by atoms with van der Waals surface area (Å²) in [6.07, 6.45) is -0.139.